The maximum atomic E-state index is 11.6. The molecule has 17 heavy (non-hydrogen) atoms. The van der Waals surface area contributed by atoms with Gasteiger partial charge in [0.25, 0.3) is 10.0 Å². The molecule has 1 rings (SSSR count). The van der Waals surface area contributed by atoms with Crippen LogP contribution in [0.15, 0.2) is 29.2 Å². The van der Waals surface area contributed by atoms with Crippen LogP contribution in [0.3, 0.4) is 0 Å². The number of carboxylic acid groups (broad SMARTS) is 1. The lowest BCUT2D eigenvalue weighted by atomic mass is 10.2. The van der Waals surface area contributed by atoms with Crippen LogP contribution in [0, 0.1) is 0 Å². The van der Waals surface area contributed by atoms with E-state index in [9.17, 15) is 13.2 Å². The maximum Gasteiger partial charge on any atom is 0.331 e. The van der Waals surface area contributed by atoms with E-state index in [1.807, 2.05) is 6.92 Å². The molecule has 0 heterocycles. The number of sulfonamides is 1. The van der Waals surface area contributed by atoms with Crippen LogP contribution in [0.2, 0.25) is 0 Å². The van der Waals surface area contributed by atoms with E-state index in [2.05, 4.69) is 4.84 Å². The van der Waals surface area contributed by atoms with Gasteiger partial charge in [-0.15, -0.1) is 0 Å². The van der Waals surface area contributed by atoms with E-state index in [1.165, 1.54) is 12.1 Å². The van der Waals surface area contributed by atoms with Crippen molar-refractivity contribution in [3.05, 3.63) is 29.8 Å². The second-order valence-electron chi connectivity index (χ2n) is 3.27. The van der Waals surface area contributed by atoms with Gasteiger partial charge in [-0.3, -0.25) is 4.84 Å². The fraction of sp³-hybridized carbons (Fsp3) is 0.300. The van der Waals surface area contributed by atoms with E-state index in [0.29, 0.717) is 0 Å². The Morgan fingerprint density at radius 2 is 1.94 bits per heavy atom. The second-order valence-corrected chi connectivity index (χ2v) is 4.91. The van der Waals surface area contributed by atoms with Crippen molar-refractivity contribution in [2.24, 2.45) is 0 Å². The topological polar surface area (TPSA) is 92.7 Å². The number of aryl methyl sites for hydroxylation is 1. The van der Waals surface area contributed by atoms with Gasteiger partial charge >= 0.3 is 5.97 Å². The Morgan fingerprint density at radius 3 is 2.41 bits per heavy atom. The first-order chi connectivity index (χ1) is 7.95. The minimum Gasteiger partial charge on any atom is -0.479 e. The number of aliphatic carboxylic acids is 1. The van der Waals surface area contributed by atoms with Gasteiger partial charge in [-0.2, -0.15) is 0 Å². The van der Waals surface area contributed by atoms with E-state index in [1.54, 1.807) is 17.0 Å². The Bertz CT molecular complexity index is 480. The third kappa shape index (κ3) is 4.14. The summed E-state index contributed by atoms with van der Waals surface area (Å²) in [4.78, 5) is 16.2. The van der Waals surface area contributed by atoms with Crippen LogP contribution in [0.25, 0.3) is 0 Å². The average Bonchev–Trinajstić information content (AvgIpc) is 2.28. The molecule has 0 aliphatic rings. The van der Waals surface area contributed by atoms with Crippen LogP contribution < -0.4 is 4.89 Å². The summed E-state index contributed by atoms with van der Waals surface area (Å²) in [7, 11) is -3.82. The number of carboxylic acids is 1. The van der Waals surface area contributed by atoms with E-state index in [0.717, 1.165) is 12.0 Å². The molecule has 0 unspecified atom stereocenters. The zero-order valence-electron chi connectivity index (χ0n) is 9.21. The zero-order valence-corrected chi connectivity index (χ0v) is 10.0. The first kappa shape index (κ1) is 13.6. The minimum absolute atomic E-state index is 0.0279. The highest BCUT2D eigenvalue weighted by molar-refractivity contribution is 7.89. The van der Waals surface area contributed by atoms with Gasteiger partial charge in [0.1, 0.15) is 0 Å². The first-order valence-electron chi connectivity index (χ1n) is 4.90. The zero-order chi connectivity index (χ0) is 12.9. The molecule has 0 aromatic heterocycles. The summed E-state index contributed by atoms with van der Waals surface area (Å²) in [5, 5.41) is 8.29. The Morgan fingerprint density at radius 1 is 1.35 bits per heavy atom. The van der Waals surface area contributed by atoms with Gasteiger partial charge in [0.15, 0.2) is 6.61 Å². The summed E-state index contributed by atoms with van der Waals surface area (Å²) in [6.07, 6.45) is 0.809. The van der Waals surface area contributed by atoms with Crippen LogP contribution in [-0.4, -0.2) is 26.1 Å². The van der Waals surface area contributed by atoms with Gasteiger partial charge in [-0.25, -0.2) is 13.2 Å². The number of rotatable bonds is 6. The van der Waals surface area contributed by atoms with Gasteiger partial charge in [-0.05, 0) is 24.1 Å². The molecule has 0 aliphatic heterocycles. The number of benzene rings is 1. The molecule has 6 nitrogen and oxygen atoms in total. The van der Waals surface area contributed by atoms with Crippen LogP contribution in [0.1, 0.15) is 12.5 Å². The number of hydrogen-bond acceptors (Lipinski definition) is 4. The molecular formula is C10H13NO5S. The van der Waals surface area contributed by atoms with Gasteiger partial charge in [0.05, 0.1) is 4.90 Å². The van der Waals surface area contributed by atoms with E-state index in [-0.39, 0.29) is 4.90 Å². The molecule has 7 heteroatoms. The molecule has 0 radical (unpaired) electrons. The van der Waals surface area contributed by atoms with Crippen molar-refractivity contribution < 1.29 is 23.2 Å². The van der Waals surface area contributed by atoms with Crippen LogP contribution in [-0.2, 0) is 26.1 Å². The first-order valence-corrected chi connectivity index (χ1v) is 6.38. The quantitative estimate of drug-likeness (QED) is 0.727. The lowest BCUT2D eigenvalue weighted by Crippen LogP contribution is -2.26. The molecule has 0 aliphatic carbocycles. The summed E-state index contributed by atoms with van der Waals surface area (Å²) < 4.78 is 23.2. The molecule has 0 saturated carbocycles. The molecule has 0 atom stereocenters. The van der Waals surface area contributed by atoms with E-state index in [4.69, 9.17) is 5.11 Å². The monoisotopic (exact) mass is 259 g/mol. The molecule has 0 saturated heterocycles. The van der Waals surface area contributed by atoms with Gasteiger partial charge in [-0.1, -0.05) is 23.9 Å². The van der Waals surface area contributed by atoms with E-state index < -0.39 is 22.6 Å². The molecule has 1 aromatic rings. The van der Waals surface area contributed by atoms with Crippen molar-refractivity contribution in [3.63, 3.8) is 0 Å². The molecule has 0 spiro atoms. The largest absolute Gasteiger partial charge is 0.479 e. The Hall–Kier alpha value is -1.44. The predicted octanol–water partition coefficient (Wildman–Crippen LogP) is 0.543. The summed E-state index contributed by atoms with van der Waals surface area (Å²) >= 11 is 0. The van der Waals surface area contributed by atoms with Gasteiger partial charge < -0.3 is 5.11 Å². The van der Waals surface area contributed by atoms with Crippen molar-refractivity contribution in [3.8, 4) is 0 Å². The van der Waals surface area contributed by atoms with Crippen molar-refractivity contribution in [2.75, 3.05) is 6.61 Å². The van der Waals surface area contributed by atoms with Gasteiger partial charge in [0.2, 0.25) is 0 Å². The molecule has 2 N–H and O–H groups in total. The fourth-order valence-corrected chi connectivity index (χ4v) is 1.93. The van der Waals surface area contributed by atoms with Crippen molar-refractivity contribution in [1.29, 1.82) is 0 Å². The summed E-state index contributed by atoms with van der Waals surface area (Å²) in [6, 6.07) is 6.24. The highest BCUT2D eigenvalue weighted by Crippen LogP contribution is 2.10. The fourth-order valence-electron chi connectivity index (χ4n) is 1.12. The molecule has 0 fully saturated rings. The van der Waals surface area contributed by atoms with Crippen LogP contribution in [0.5, 0.6) is 0 Å². The van der Waals surface area contributed by atoms with Crippen molar-refractivity contribution >= 4 is 16.0 Å². The normalized spacial score (nSPS) is 11.4. The number of hydrogen-bond donors (Lipinski definition) is 2. The minimum atomic E-state index is -3.82. The molecular weight excluding hydrogens is 246 g/mol. The average molecular weight is 259 g/mol. The van der Waals surface area contributed by atoms with Crippen LogP contribution in [0.4, 0.5) is 0 Å². The Labute approximate surface area is 99.2 Å². The standard InChI is InChI=1S/C10H13NO5S/c1-2-8-3-5-9(6-4-8)17(14,15)11-16-7-10(12)13/h3-6,11H,2,7H2,1H3,(H,12,13). The number of carbonyl (C=O) groups is 1. The highest BCUT2D eigenvalue weighted by atomic mass is 32.2. The molecule has 1 aromatic carbocycles. The Balaban J connectivity index is 2.72. The predicted molar refractivity (Wildman–Crippen MR) is 59.7 cm³/mol. The lowest BCUT2D eigenvalue weighted by Gasteiger charge is -2.06. The number of nitrogens with one attached hydrogen (secondary N) is 1. The summed E-state index contributed by atoms with van der Waals surface area (Å²) in [6.45, 7) is 1.23. The molecule has 0 bridgehead atoms. The summed E-state index contributed by atoms with van der Waals surface area (Å²) in [5.41, 5.74) is 1.01. The van der Waals surface area contributed by atoms with Gasteiger partial charge in [0, 0.05) is 0 Å². The van der Waals surface area contributed by atoms with Crippen molar-refractivity contribution in [2.45, 2.75) is 18.2 Å². The molecule has 0 amide bonds. The SMILES string of the molecule is CCc1ccc(S(=O)(=O)NOCC(=O)O)cc1. The molecule has 94 valence electrons. The second kappa shape index (κ2) is 5.76. The van der Waals surface area contributed by atoms with Crippen LogP contribution >= 0.6 is 0 Å². The van der Waals surface area contributed by atoms with E-state index >= 15 is 0 Å². The summed E-state index contributed by atoms with van der Waals surface area (Å²) in [5.74, 6) is -1.26. The lowest BCUT2D eigenvalue weighted by molar-refractivity contribution is -0.143. The Kier molecular flexibility index (Phi) is 4.62. The maximum absolute atomic E-state index is 11.6. The van der Waals surface area contributed by atoms with Crippen molar-refractivity contribution in [1.82, 2.24) is 4.89 Å². The third-order valence-corrected chi connectivity index (χ3v) is 3.24. The highest BCUT2D eigenvalue weighted by Gasteiger charge is 2.14. The smallest absolute Gasteiger partial charge is 0.331 e. The third-order valence-electron chi connectivity index (χ3n) is 2.01.